The van der Waals surface area contributed by atoms with Gasteiger partial charge in [-0.25, -0.2) is 14.2 Å². The second kappa shape index (κ2) is 6.07. The summed E-state index contributed by atoms with van der Waals surface area (Å²) in [5.41, 5.74) is 1.33. The first-order chi connectivity index (χ1) is 9.54. The normalized spacial score (nSPS) is 10.7. The van der Waals surface area contributed by atoms with Gasteiger partial charge in [-0.3, -0.25) is 10.1 Å². The highest BCUT2D eigenvalue weighted by Gasteiger charge is 2.06. The van der Waals surface area contributed by atoms with Gasteiger partial charge in [-0.2, -0.15) is 0 Å². The van der Waals surface area contributed by atoms with Crippen molar-refractivity contribution in [2.45, 2.75) is 0 Å². The van der Waals surface area contributed by atoms with Crippen molar-refractivity contribution < 1.29 is 19.1 Å². The molecular weight excluding hydrogens is 283 g/mol. The topological polar surface area (TPSA) is 79.3 Å². The summed E-state index contributed by atoms with van der Waals surface area (Å²) < 4.78 is 12.8. The van der Waals surface area contributed by atoms with Crippen LogP contribution in [0.1, 0.15) is 0 Å². The van der Waals surface area contributed by atoms with Crippen molar-refractivity contribution >= 4 is 28.3 Å². The number of thiazole rings is 1. The van der Waals surface area contributed by atoms with Crippen LogP contribution in [0.4, 0.5) is 9.52 Å². The highest BCUT2D eigenvalue weighted by molar-refractivity contribution is 7.14. The van der Waals surface area contributed by atoms with E-state index in [0.29, 0.717) is 10.8 Å². The highest BCUT2D eigenvalue weighted by Crippen LogP contribution is 2.24. The number of hydrogen-bond donors (Lipinski definition) is 2. The Labute approximate surface area is 117 Å². The average molecular weight is 292 g/mol. The standard InChI is InChI=1S/C13H9FN2O3S/c14-9-3-1-8(2-4-9)10-7-20-13(15-10)16-11(17)5-6-12(18)19/h1-7H,(H,18,19)(H,15,16,17). The van der Waals surface area contributed by atoms with Crippen molar-refractivity contribution in [1.29, 1.82) is 0 Å². The van der Waals surface area contributed by atoms with Gasteiger partial charge in [-0.05, 0) is 24.3 Å². The molecular formula is C13H9FN2O3S. The second-order valence-corrected chi connectivity index (χ2v) is 4.56. The molecule has 1 amide bonds. The molecule has 0 aliphatic carbocycles. The summed E-state index contributed by atoms with van der Waals surface area (Å²) in [5, 5.41) is 12.9. The SMILES string of the molecule is O=C(O)C=CC(=O)Nc1nc(-c2ccc(F)cc2)cs1. The number of rotatable bonds is 4. The van der Waals surface area contributed by atoms with E-state index in [9.17, 15) is 14.0 Å². The summed E-state index contributed by atoms with van der Waals surface area (Å²) in [6.07, 6.45) is 1.64. The van der Waals surface area contributed by atoms with E-state index in [1.54, 1.807) is 17.5 Å². The highest BCUT2D eigenvalue weighted by atomic mass is 32.1. The summed E-state index contributed by atoms with van der Waals surface area (Å²) in [6.45, 7) is 0. The lowest BCUT2D eigenvalue weighted by molar-refractivity contribution is -0.131. The molecule has 0 saturated carbocycles. The van der Waals surface area contributed by atoms with Crippen LogP contribution in [-0.4, -0.2) is 22.0 Å². The molecule has 0 saturated heterocycles. The number of hydrogen-bond acceptors (Lipinski definition) is 4. The largest absolute Gasteiger partial charge is 0.478 e. The van der Waals surface area contributed by atoms with E-state index < -0.39 is 11.9 Å². The van der Waals surface area contributed by atoms with Crippen LogP contribution in [-0.2, 0) is 9.59 Å². The lowest BCUT2D eigenvalue weighted by Gasteiger charge is -1.97. The first-order valence-electron chi connectivity index (χ1n) is 5.48. The van der Waals surface area contributed by atoms with Crippen molar-refractivity contribution in [3.63, 3.8) is 0 Å². The summed E-state index contributed by atoms with van der Waals surface area (Å²) in [5.74, 6) is -2.12. The fourth-order valence-electron chi connectivity index (χ4n) is 1.38. The maximum Gasteiger partial charge on any atom is 0.328 e. The van der Waals surface area contributed by atoms with Crippen LogP contribution in [0.2, 0.25) is 0 Å². The molecule has 1 aromatic carbocycles. The first kappa shape index (κ1) is 13.9. The number of nitrogens with one attached hydrogen (secondary N) is 1. The summed E-state index contributed by atoms with van der Waals surface area (Å²) in [6, 6.07) is 5.81. The molecule has 0 spiro atoms. The quantitative estimate of drug-likeness (QED) is 0.849. The molecule has 20 heavy (non-hydrogen) atoms. The van der Waals surface area contributed by atoms with Crippen molar-refractivity contribution in [1.82, 2.24) is 4.98 Å². The molecule has 7 heteroatoms. The third-order valence-electron chi connectivity index (χ3n) is 2.25. The predicted molar refractivity (Wildman–Crippen MR) is 72.9 cm³/mol. The van der Waals surface area contributed by atoms with E-state index in [1.807, 2.05) is 0 Å². The van der Waals surface area contributed by atoms with E-state index >= 15 is 0 Å². The molecule has 0 bridgehead atoms. The van der Waals surface area contributed by atoms with Gasteiger partial charge in [-0.1, -0.05) is 0 Å². The van der Waals surface area contributed by atoms with Gasteiger partial charge in [0.15, 0.2) is 5.13 Å². The van der Waals surface area contributed by atoms with Gasteiger partial charge in [-0.15, -0.1) is 11.3 Å². The lowest BCUT2D eigenvalue weighted by atomic mass is 10.2. The fraction of sp³-hybridized carbons (Fsp3) is 0. The molecule has 0 aliphatic rings. The molecule has 0 atom stereocenters. The molecule has 5 nitrogen and oxygen atoms in total. The average Bonchev–Trinajstić information content (AvgIpc) is 2.85. The van der Waals surface area contributed by atoms with E-state index in [2.05, 4.69) is 10.3 Å². The van der Waals surface area contributed by atoms with Crippen LogP contribution in [0, 0.1) is 5.82 Å². The zero-order chi connectivity index (χ0) is 14.5. The van der Waals surface area contributed by atoms with Crippen LogP contribution >= 0.6 is 11.3 Å². The molecule has 1 aromatic heterocycles. The minimum Gasteiger partial charge on any atom is -0.478 e. The van der Waals surface area contributed by atoms with E-state index in [4.69, 9.17) is 5.11 Å². The monoisotopic (exact) mass is 292 g/mol. The summed E-state index contributed by atoms with van der Waals surface area (Å²) >= 11 is 1.19. The van der Waals surface area contributed by atoms with Gasteiger partial charge < -0.3 is 5.11 Å². The number of carboxylic acids is 1. The Balaban J connectivity index is 2.07. The summed E-state index contributed by atoms with van der Waals surface area (Å²) in [4.78, 5) is 25.8. The van der Waals surface area contributed by atoms with Gasteiger partial charge in [0.25, 0.3) is 0 Å². The van der Waals surface area contributed by atoms with Gasteiger partial charge in [0.2, 0.25) is 5.91 Å². The van der Waals surface area contributed by atoms with Crippen LogP contribution in [0.25, 0.3) is 11.3 Å². The van der Waals surface area contributed by atoms with Crippen molar-refractivity contribution in [2.24, 2.45) is 0 Å². The zero-order valence-electron chi connectivity index (χ0n) is 10.0. The zero-order valence-corrected chi connectivity index (χ0v) is 10.9. The third-order valence-corrected chi connectivity index (χ3v) is 3.01. The first-order valence-corrected chi connectivity index (χ1v) is 6.36. The lowest BCUT2D eigenvalue weighted by Crippen LogP contribution is -2.08. The summed E-state index contributed by atoms with van der Waals surface area (Å²) in [7, 11) is 0. The Hall–Kier alpha value is -2.54. The molecule has 2 aromatic rings. The Bertz CT molecular complexity index is 665. The number of carboxylic acid groups (broad SMARTS) is 1. The smallest absolute Gasteiger partial charge is 0.328 e. The molecule has 0 unspecified atom stereocenters. The maximum absolute atomic E-state index is 12.8. The molecule has 0 aliphatic heterocycles. The van der Waals surface area contributed by atoms with Crippen molar-refractivity contribution in [2.75, 3.05) is 5.32 Å². The van der Waals surface area contributed by atoms with E-state index in [0.717, 1.165) is 17.7 Å². The Morgan fingerprint density at radius 1 is 1.25 bits per heavy atom. The van der Waals surface area contributed by atoms with Crippen LogP contribution in [0.3, 0.4) is 0 Å². The molecule has 2 N–H and O–H groups in total. The Morgan fingerprint density at radius 3 is 2.60 bits per heavy atom. The van der Waals surface area contributed by atoms with Crippen molar-refractivity contribution in [3.8, 4) is 11.3 Å². The minimum absolute atomic E-state index is 0.337. The van der Waals surface area contributed by atoms with E-state index in [1.165, 1.54) is 23.5 Å². The van der Waals surface area contributed by atoms with Gasteiger partial charge in [0, 0.05) is 23.1 Å². The molecule has 102 valence electrons. The predicted octanol–water partition coefficient (Wildman–Crippen LogP) is 2.53. The van der Waals surface area contributed by atoms with Crippen LogP contribution in [0.15, 0.2) is 41.8 Å². The van der Waals surface area contributed by atoms with Gasteiger partial charge >= 0.3 is 5.97 Å². The molecule has 0 radical (unpaired) electrons. The number of carbonyl (C=O) groups is 2. The molecule has 1 heterocycles. The number of benzene rings is 1. The van der Waals surface area contributed by atoms with Gasteiger partial charge in [0.1, 0.15) is 5.82 Å². The number of aromatic nitrogens is 1. The number of aliphatic carboxylic acids is 1. The van der Waals surface area contributed by atoms with Crippen molar-refractivity contribution in [3.05, 3.63) is 47.6 Å². The number of nitrogens with zero attached hydrogens (tertiary/aromatic N) is 1. The number of amides is 1. The van der Waals surface area contributed by atoms with Gasteiger partial charge in [0.05, 0.1) is 5.69 Å². The Kier molecular flexibility index (Phi) is 4.21. The Morgan fingerprint density at radius 2 is 1.95 bits per heavy atom. The van der Waals surface area contributed by atoms with Crippen LogP contribution in [0.5, 0.6) is 0 Å². The molecule has 0 fully saturated rings. The number of anilines is 1. The minimum atomic E-state index is -1.20. The number of halogens is 1. The fourth-order valence-corrected chi connectivity index (χ4v) is 2.10. The number of carbonyl (C=O) groups excluding carboxylic acids is 1. The second-order valence-electron chi connectivity index (χ2n) is 3.71. The van der Waals surface area contributed by atoms with E-state index in [-0.39, 0.29) is 5.82 Å². The third kappa shape index (κ3) is 3.72. The molecule has 2 rings (SSSR count). The van der Waals surface area contributed by atoms with Crippen LogP contribution < -0.4 is 5.32 Å². The maximum atomic E-state index is 12.8.